The zero-order valence-electron chi connectivity index (χ0n) is 5.32. The van der Waals surface area contributed by atoms with Gasteiger partial charge in [0.2, 0.25) is 0 Å². The zero-order valence-corrected chi connectivity index (χ0v) is 5.32. The number of rotatable bonds is 1. The fourth-order valence-corrected chi connectivity index (χ4v) is 0.738. The first-order valence-corrected chi connectivity index (χ1v) is 2.86. The molecule has 0 aromatic heterocycles. The minimum Gasteiger partial charge on any atom is -0.477 e. The maximum Gasteiger partial charge on any atom is 0.353 e. The molecule has 4 nitrogen and oxygen atoms in total. The van der Waals surface area contributed by atoms with E-state index < -0.39 is 5.97 Å². The van der Waals surface area contributed by atoms with Gasteiger partial charge in [-0.1, -0.05) is 6.08 Å². The van der Waals surface area contributed by atoms with Crippen LogP contribution in [0.1, 0.15) is 6.42 Å². The molecule has 0 bridgehead atoms. The molecule has 0 aromatic rings. The number of aliphatic carboxylic acids is 1. The van der Waals surface area contributed by atoms with Crippen LogP contribution >= 0.6 is 0 Å². The van der Waals surface area contributed by atoms with E-state index in [9.17, 15) is 4.79 Å². The van der Waals surface area contributed by atoms with Crippen molar-refractivity contribution < 1.29 is 9.90 Å². The van der Waals surface area contributed by atoms with Gasteiger partial charge in [-0.05, 0) is 12.5 Å². The lowest BCUT2D eigenvalue weighted by molar-refractivity contribution is -0.134. The SMILES string of the molecule is NN1C=CCC=C1C(=O)O. The van der Waals surface area contributed by atoms with E-state index in [-0.39, 0.29) is 5.70 Å². The Hall–Kier alpha value is -1.29. The fraction of sp³-hybridized carbons (Fsp3) is 0.167. The molecule has 1 aliphatic rings. The van der Waals surface area contributed by atoms with E-state index in [0.29, 0.717) is 6.42 Å². The van der Waals surface area contributed by atoms with Gasteiger partial charge in [-0.25, -0.2) is 10.6 Å². The van der Waals surface area contributed by atoms with Crippen molar-refractivity contribution in [3.8, 4) is 0 Å². The van der Waals surface area contributed by atoms with E-state index in [1.165, 1.54) is 6.20 Å². The summed E-state index contributed by atoms with van der Waals surface area (Å²) in [4.78, 5) is 10.3. The number of hydrogen-bond acceptors (Lipinski definition) is 3. The Kier molecular flexibility index (Phi) is 1.73. The van der Waals surface area contributed by atoms with Gasteiger partial charge in [-0.2, -0.15) is 0 Å². The van der Waals surface area contributed by atoms with Crippen LogP contribution < -0.4 is 5.84 Å². The van der Waals surface area contributed by atoms with E-state index in [0.717, 1.165) is 5.01 Å². The van der Waals surface area contributed by atoms with Gasteiger partial charge < -0.3 is 5.11 Å². The van der Waals surface area contributed by atoms with Crippen LogP contribution in [-0.4, -0.2) is 16.1 Å². The minimum atomic E-state index is -0.994. The molecule has 10 heavy (non-hydrogen) atoms. The van der Waals surface area contributed by atoms with Crippen molar-refractivity contribution in [3.63, 3.8) is 0 Å². The lowest BCUT2D eigenvalue weighted by Crippen LogP contribution is -2.29. The number of nitrogens with two attached hydrogens (primary N) is 1. The highest BCUT2D eigenvalue weighted by molar-refractivity contribution is 5.86. The summed E-state index contributed by atoms with van der Waals surface area (Å²) in [5, 5.41) is 9.57. The molecule has 0 spiro atoms. The topological polar surface area (TPSA) is 66.6 Å². The molecule has 1 rings (SSSR count). The molecule has 1 aliphatic heterocycles. The number of nitrogens with zero attached hydrogens (tertiary/aromatic N) is 1. The molecule has 4 heteroatoms. The van der Waals surface area contributed by atoms with Crippen LogP contribution in [0.15, 0.2) is 24.0 Å². The Balaban J connectivity index is 2.76. The van der Waals surface area contributed by atoms with Crippen molar-refractivity contribution in [1.82, 2.24) is 5.01 Å². The summed E-state index contributed by atoms with van der Waals surface area (Å²) < 4.78 is 0. The predicted octanol–water partition coefficient (Wildman–Crippen LogP) is 0.0480. The van der Waals surface area contributed by atoms with Crippen molar-refractivity contribution >= 4 is 5.97 Å². The van der Waals surface area contributed by atoms with Gasteiger partial charge in [0, 0.05) is 6.20 Å². The molecule has 1 heterocycles. The standard InChI is InChI=1S/C6H8N2O2/c7-8-4-2-1-3-5(8)6(9)10/h2-4H,1,7H2,(H,9,10). The summed E-state index contributed by atoms with van der Waals surface area (Å²) in [6, 6.07) is 0. The van der Waals surface area contributed by atoms with E-state index in [1.54, 1.807) is 12.2 Å². The maximum absolute atomic E-state index is 10.3. The average Bonchev–Trinajstić information content (AvgIpc) is 1.88. The lowest BCUT2D eigenvalue weighted by atomic mass is 10.2. The smallest absolute Gasteiger partial charge is 0.353 e. The molecule has 3 N–H and O–H groups in total. The van der Waals surface area contributed by atoms with Crippen LogP contribution in [0.5, 0.6) is 0 Å². The van der Waals surface area contributed by atoms with Crippen LogP contribution in [0, 0.1) is 0 Å². The summed E-state index contributed by atoms with van der Waals surface area (Å²) in [5.74, 6) is 4.28. The van der Waals surface area contributed by atoms with Crippen LogP contribution in [0.3, 0.4) is 0 Å². The Morgan fingerprint density at radius 1 is 1.80 bits per heavy atom. The predicted molar refractivity (Wildman–Crippen MR) is 35.5 cm³/mol. The Morgan fingerprint density at radius 3 is 2.90 bits per heavy atom. The summed E-state index contributed by atoms with van der Waals surface area (Å²) in [7, 11) is 0. The summed E-state index contributed by atoms with van der Waals surface area (Å²) in [5.41, 5.74) is 0.127. The first-order valence-electron chi connectivity index (χ1n) is 2.86. The molecule has 0 amide bonds. The van der Waals surface area contributed by atoms with Crippen molar-refractivity contribution in [2.75, 3.05) is 0 Å². The van der Waals surface area contributed by atoms with Gasteiger partial charge in [-0.3, -0.25) is 5.01 Å². The molecule has 0 saturated carbocycles. The molecule has 0 fully saturated rings. The third-order valence-corrected chi connectivity index (χ3v) is 1.21. The van der Waals surface area contributed by atoms with Crippen molar-refractivity contribution in [3.05, 3.63) is 24.0 Å². The molecular formula is C6H8N2O2. The number of hydrogen-bond donors (Lipinski definition) is 2. The van der Waals surface area contributed by atoms with E-state index in [2.05, 4.69) is 0 Å². The van der Waals surface area contributed by atoms with Crippen LogP contribution in [0.2, 0.25) is 0 Å². The zero-order chi connectivity index (χ0) is 7.56. The molecule has 0 aliphatic carbocycles. The first kappa shape index (κ1) is 6.82. The summed E-state index contributed by atoms with van der Waals surface area (Å²) in [6.45, 7) is 0. The van der Waals surface area contributed by atoms with E-state index >= 15 is 0 Å². The van der Waals surface area contributed by atoms with E-state index in [1.807, 2.05) is 0 Å². The molecule has 0 aromatic carbocycles. The molecule has 0 atom stereocenters. The van der Waals surface area contributed by atoms with Gasteiger partial charge in [0.1, 0.15) is 5.70 Å². The van der Waals surface area contributed by atoms with Crippen molar-refractivity contribution in [2.24, 2.45) is 5.84 Å². The molecule has 0 radical (unpaired) electrons. The Morgan fingerprint density at radius 2 is 2.50 bits per heavy atom. The van der Waals surface area contributed by atoms with Gasteiger partial charge in [0.25, 0.3) is 0 Å². The second-order valence-corrected chi connectivity index (χ2v) is 1.92. The van der Waals surface area contributed by atoms with Crippen LogP contribution in [0.4, 0.5) is 0 Å². The molecule has 54 valence electrons. The fourth-order valence-electron chi connectivity index (χ4n) is 0.738. The number of carboxylic acid groups (broad SMARTS) is 1. The maximum atomic E-state index is 10.3. The monoisotopic (exact) mass is 140 g/mol. The van der Waals surface area contributed by atoms with Gasteiger partial charge >= 0.3 is 5.97 Å². The van der Waals surface area contributed by atoms with Gasteiger partial charge in [-0.15, -0.1) is 0 Å². The molecule has 0 unspecified atom stereocenters. The number of hydrazine groups is 1. The lowest BCUT2D eigenvalue weighted by Gasteiger charge is -2.16. The minimum absolute atomic E-state index is 0.127. The Bertz CT molecular complexity index is 208. The molecule has 0 saturated heterocycles. The van der Waals surface area contributed by atoms with Crippen LogP contribution in [-0.2, 0) is 4.79 Å². The third kappa shape index (κ3) is 1.16. The normalized spacial score (nSPS) is 16.9. The Labute approximate surface area is 58.2 Å². The van der Waals surface area contributed by atoms with Gasteiger partial charge in [0.05, 0.1) is 0 Å². The van der Waals surface area contributed by atoms with E-state index in [4.69, 9.17) is 10.9 Å². The quantitative estimate of drug-likeness (QED) is 0.505. The largest absolute Gasteiger partial charge is 0.477 e. The van der Waals surface area contributed by atoms with Crippen molar-refractivity contribution in [2.45, 2.75) is 6.42 Å². The highest BCUT2D eigenvalue weighted by Crippen LogP contribution is 2.07. The molecular weight excluding hydrogens is 132 g/mol. The van der Waals surface area contributed by atoms with Crippen LogP contribution in [0.25, 0.3) is 0 Å². The summed E-state index contributed by atoms with van der Waals surface area (Å²) in [6.07, 6.45) is 5.51. The van der Waals surface area contributed by atoms with Gasteiger partial charge in [0.15, 0.2) is 0 Å². The highest BCUT2D eigenvalue weighted by Gasteiger charge is 2.12. The number of carboxylic acids is 1. The highest BCUT2D eigenvalue weighted by atomic mass is 16.4. The average molecular weight is 140 g/mol. The third-order valence-electron chi connectivity index (χ3n) is 1.21. The first-order chi connectivity index (χ1) is 4.72. The van der Waals surface area contributed by atoms with Crippen molar-refractivity contribution in [1.29, 1.82) is 0 Å². The summed E-state index contributed by atoms with van der Waals surface area (Å²) >= 11 is 0. The second kappa shape index (κ2) is 2.53. The number of carbonyl (C=O) groups is 1. The second-order valence-electron chi connectivity index (χ2n) is 1.92. The number of allylic oxidation sites excluding steroid dienone is 2.